The van der Waals surface area contributed by atoms with Gasteiger partial charge in [0.1, 0.15) is 11.6 Å². The molecule has 29 heavy (non-hydrogen) atoms. The van der Waals surface area contributed by atoms with E-state index in [1.54, 1.807) is 29.3 Å². The number of aromatic amines is 1. The second kappa shape index (κ2) is 8.14. The predicted octanol–water partition coefficient (Wildman–Crippen LogP) is 2.66. The van der Waals surface area contributed by atoms with Crippen LogP contribution in [0.1, 0.15) is 10.4 Å². The van der Waals surface area contributed by atoms with Crippen LogP contribution in [0.4, 0.5) is 10.1 Å². The van der Waals surface area contributed by atoms with Gasteiger partial charge >= 0.3 is 0 Å². The van der Waals surface area contributed by atoms with Crippen LogP contribution in [-0.4, -0.2) is 47.0 Å². The molecule has 1 aromatic carbocycles. The van der Waals surface area contributed by atoms with Crippen molar-refractivity contribution >= 4 is 11.6 Å². The van der Waals surface area contributed by atoms with Gasteiger partial charge in [-0.05, 0) is 36.4 Å². The fraction of sp³-hybridized carbons (Fsp3) is 0.190. The summed E-state index contributed by atoms with van der Waals surface area (Å²) in [5.41, 5.74) is 1.27. The molecule has 1 aliphatic rings. The third-order valence-corrected chi connectivity index (χ3v) is 4.72. The SMILES string of the molecule is O=C(c1ccc(Oc2ccc(F)cc2)nc1)N1CCN(c2ccc(=O)[nH]c2)CC1. The van der Waals surface area contributed by atoms with E-state index in [9.17, 15) is 14.0 Å². The summed E-state index contributed by atoms with van der Waals surface area (Å²) in [5, 5.41) is 0. The van der Waals surface area contributed by atoms with Gasteiger partial charge in [0.15, 0.2) is 0 Å². The summed E-state index contributed by atoms with van der Waals surface area (Å²) in [6.07, 6.45) is 3.17. The van der Waals surface area contributed by atoms with Crippen LogP contribution in [0.2, 0.25) is 0 Å². The van der Waals surface area contributed by atoms with Gasteiger partial charge in [-0.15, -0.1) is 0 Å². The first-order chi connectivity index (χ1) is 14.1. The van der Waals surface area contributed by atoms with Crippen LogP contribution in [0.25, 0.3) is 0 Å². The van der Waals surface area contributed by atoms with Gasteiger partial charge in [-0.2, -0.15) is 0 Å². The molecule has 148 valence electrons. The Morgan fingerprint density at radius 3 is 2.38 bits per heavy atom. The highest BCUT2D eigenvalue weighted by Crippen LogP contribution is 2.20. The Morgan fingerprint density at radius 1 is 1.00 bits per heavy atom. The number of nitrogens with one attached hydrogen (secondary N) is 1. The average molecular weight is 394 g/mol. The van der Waals surface area contributed by atoms with Gasteiger partial charge in [-0.1, -0.05) is 0 Å². The number of hydrogen-bond donors (Lipinski definition) is 1. The van der Waals surface area contributed by atoms with Crippen molar-refractivity contribution in [3.05, 3.63) is 82.7 Å². The third-order valence-electron chi connectivity index (χ3n) is 4.72. The number of anilines is 1. The molecule has 1 fully saturated rings. The molecular weight excluding hydrogens is 375 g/mol. The number of carbonyl (C=O) groups is 1. The number of piperazine rings is 1. The number of rotatable bonds is 4. The number of amides is 1. The largest absolute Gasteiger partial charge is 0.439 e. The third kappa shape index (κ3) is 4.43. The zero-order valence-corrected chi connectivity index (χ0v) is 15.5. The van der Waals surface area contributed by atoms with Crippen LogP contribution in [-0.2, 0) is 0 Å². The van der Waals surface area contributed by atoms with Crippen molar-refractivity contribution in [2.24, 2.45) is 0 Å². The molecule has 0 bridgehead atoms. The van der Waals surface area contributed by atoms with Crippen molar-refractivity contribution in [3.8, 4) is 11.6 Å². The maximum absolute atomic E-state index is 13.0. The summed E-state index contributed by atoms with van der Waals surface area (Å²) in [4.78, 5) is 34.7. The smallest absolute Gasteiger partial charge is 0.255 e. The second-order valence-corrected chi connectivity index (χ2v) is 6.63. The van der Waals surface area contributed by atoms with E-state index in [2.05, 4.69) is 14.9 Å². The Balaban J connectivity index is 1.35. The number of H-pyrrole nitrogens is 1. The zero-order valence-electron chi connectivity index (χ0n) is 15.5. The molecule has 1 aliphatic heterocycles. The quantitative estimate of drug-likeness (QED) is 0.736. The van der Waals surface area contributed by atoms with Gasteiger partial charge in [0, 0.05) is 50.7 Å². The maximum atomic E-state index is 13.0. The molecule has 1 saturated heterocycles. The van der Waals surface area contributed by atoms with E-state index >= 15 is 0 Å². The molecule has 3 heterocycles. The molecule has 8 heteroatoms. The molecule has 1 N–H and O–H groups in total. The first-order valence-corrected chi connectivity index (χ1v) is 9.21. The molecule has 0 atom stereocenters. The Bertz CT molecular complexity index is 1020. The normalized spacial score (nSPS) is 14.0. The standard InChI is InChI=1S/C21H19FN4O3/c22-16-2-5-18(6-3-16)29-20-8-1-15(13-24-20)21(28)26-11-9-25(10-12-26)17-4-7-19(27)23-14-17/h1-8,13-14H,9-12H2,(H,23,27). The van der Waals surface area contributed by atoms with Crippen molar-refractivity contribution in [1.82, 2.24) is 14.9 Å². The highest BCUT2D eigenvalue weighted by atomic mass is 19.1. The van der Waals surface area contributed by atoms with Crippen LogP contribution in [0, 0.1) is 5.82 Å². The van der Waals surface area contributed by atoms with E-state index in [0.717, 1.165) is 5.69 Å². The molecule has 0 aliphatic carbocycles. The van der Waals surface area contributed by atoms with Crippen molar-refractivity contribution in [3.63, 3.8) is 0 Å². The van der Waals surface area contributed by atoms with E-state index < -0.39 is 0 Å². The fourth-order valence-corrected chi connectivity index (χ4v) is 3.14. The maximum Gasteiger partial charge on any atom is 0.255 e. The highest BCUT2D eigenvalue weighted by molar-refractivity contribution is 5.94. The van der Waals surface area contributed by atoms with Crippen molar-refractivity contribution < 1.29 is 13.9 Å². The summed E-state index contributed by atoms with van der Waals surface area (Å²) in [6, 6.07) is 12.2. The van der Waals surface area contributed by atoms with Crippen molar-refractivity contribution in [1.29, 1.82) is 0 Å². The number of hydrogen-bond acceptors (Lipinski definition) is 5. The molecule has 4 rings (SSSR count). The summed E-state index contributed by atoms with van der Waals surface area (Å²) < 4.78 is 18.5. The number of ether oxygens (including phenoxy) is 1. The minimum absolute atomic E-state index is 0.0908. The Morgan fingerprint density at radius 2 is 1.76 bits per heavy atom. The number of benzene rings is 1. The lowest BCUT2D eigenvalue weighted by Gasteiger charge is -2.36. The molecule has 2 aromatic heterocycles. The van der Waals surface area contributed by atoms with E-state index in [4.69, 9.17) is 4.74 Å². The summed E-state index contributed by atoms with van der Waals surface area (Å²) in [6.45, 7) is 2.51. The number of halogens is 1. The lowest BCUT2D eigenvalue weighted by molar-refractivity contribution is 0.0746. The van der Waals surface area contributed by atoms with Crippen LogP contribution < -0.4 is 15.2 Å². The van der Waals surface area contributed by atoms with Crippen molar-refractivity contribution in [2.45, 2.75) is 0 Å². The molecule has 3 aromatic rings. The number of nitrogens with zero attached hydrogens (tertiary/aromatic N) is 3. The van der Waals surface area contributed by atoms with Gasteiger partial charge in [0.25, 0.3) is 5.91 Å². The minimum atomic E-state index is -0.341. The van der Waals surface area contributed by atoms with E-state index in [1.807, 2.05) is 0 Å². The highest BCUT2D eigenvalue weighted by Gasteiger charge is 2.22. The fourth-order valence-electron chi connectivity index (χ4n) is 3.14. The first kappa shape index (κ1) is 18.7. The molecular formula is C21H19FN4O3. The van der Waals surface area contributed by atoms with Crippen LogP contribution >= 0.6 is 0 Å². The van der Waals surface area contributed by atoms with Crippen LogP contribution in [0.3, 0.4) is 0 Å². The summed E-state index contributed by atoms with van der Waals surface area (Å²) in [5.74, 6) is 0.367. The zero-order chi connectivity index (χ0) is 20.2. The van der Waals surface area contributed by atoms with E-state index in [0.29, 0.717) is 43.4 Å². The first-order valence-electron chi connectivity index (χ1n) is 9.21. The van der Waals surface area contributed by atoms with Gasteiger partial charge in [0.05, 0.1) is 11.3 Å². The van der Waals surface area contributed by atoms with Crippen LogP contribution in [0.5, 0.6) is 11.6 Å². The minimum Gasteiger partial charge on any atom is -0.439 e. The average Bonchev–Trinajstić information content (AvgIpc) is 2.76. The Hall–Kier alpha value is -3.68. The topological polar surface area (TPSA) is 78.5 Å². The summed E-state index contributed by atoms with van der Waals surface area (Å²) in [7, 11) is 0. The number of aromatic nitrogens is 2. The van der Waals surface area contributed by atoms with Gasteiger partial charge in [0.2, 0.25) is 11.4 Å². The van der Waals surface area contributed by atoms with E-state index in [-0.39, 0.29) is 17.3 Å². The molecule has 0 saturated carbocycles. The van der Waals surface area contributed by atoms with E-state index in [1.165, 1.54) is 36.5 Å². The van der Waals surface area contributed by atoms with Gasteiger partial charge in [-0.3, -0.25) is 9.59 Å². The molecule has 0 radical (unpaired) electrons. The Kier molecular flexibility index (Phi) is 5.24. The predicted molar refractivity (Wildman–Crippen MR) is 106 cm³/mol. The molecule has 7 nitrogen and oxygen atoms in total. The Labute approximate surface area is 166 Å². The van der Waals surface area contributed by atoms with Crippen molar-refractivity contribution in [2.75, 3.05) is 31.1 Å². The van der Waals surface area contributed by atoms with Gasteiger partial charge < -0.3 is 19.5 Å². The lowest BCUT2D eigenvalue weighted by Crippen LogP contribution is -2.48. The number of pyridine rings is 2. The monoisotopic (exact) mass is 394 g/mol. The lowest BCUT2D eigenvalue weighted by atomic mass is 10.2. The summed E-state index contributed by atoms with van der Waals surface area (Å²) >= 11 is 0. The molecule has 1 amide bonds. The number of carbonyl (C=O) groups excluding carboxylic acids is 1. The molecule has 0 unspecified atom stereocenters. The molecule has 0 spiro atoms. The van der Waals surface area contributed by atoms with Crippen LogP contribution in [0.15, 0.2) is 65.7 Å². The second-order valence-electron chi connectivity index (χ2n) is 6.63. The van der Waals surface area contributed by atoms with Gasteiger partial charge in [-0.25, -0.2) is 9.37 Å².